The number of hydrogen-bond donors (Lipinski definition) is 0. The fourth-order valence-corrected chi connectivity index (χ4v) is 4.67. The lowest BCUT2D eigenvalue weighted by molar-refractivity contribution is 0.0997. The van der Waals surface area contributed by atoms with Gasteiger partial charge in [-0.15, -0.1) is 11.3 Å². The fourth-order valence-electron chi connectivity index (χ4n) is 3.40. The van der Waals surface area contributed by atoms with Gasteiger partial charge < -0.3 is 14.4 Å². The van der Waals surface area contributed by atoms with Crippen molar-refractivity contribution >= 4 is 44.7 Å². The molecule has 0 saturated heterocycles. The maximum absolute atomic E-state index is 13.2. The number of halogens is 1. The van der Waals surface area contributed by atoms with Crippen molar-refractivity contribution in [2.45, 2.75) is 13.5 Å². The average molecular weight is 456 g/mol. The Hall–Kier alpha value is -3.03. The number of rotatable bonds is 6. The topological polar surface area (TPSA) is 56.6 Å². The Balaban J connectivity index is 1.63. The third kappa shape index (κ3) is 4.11. The van der Waals surface area contributed by atoms with Crippen molar-refractivity contribution in [3.05, 3.63) is 69.7 Å². The van der Waals surface area contributed by atoms with Crippen molar-refractivity contribution in [3.63, 3.8) is 0 Å². The summed E-state index contributed by atoms with van der Waals surface area (Å²) in [6.45, 7) is 2.57. The summed E-state index contributed by atoms with van der Waals surface area (Å²) in [6.07, 6.45) is 0. The lowest BCUT2D eigenvalue weighted by Crippen LogP contribution is -2.25. The first kappa shape index (κ1) is 21.2. The number of nitrogens with zero attached hydrogens (tertiary/aromatic N) is 3. The third-order valence-electron chi connectivity index (χ3n) is 5.12. The number of benzene rings is 2. The molecular weight excluding hydrogens is 434 g/mol. The molecule has 0 N–H and O–H groups in total. The molecule has 8 heteroatoms. The van der Waals surface area contributed by atoms with E-state index in [1.54, 1.807) is 38.3 Å². The van der Waals surface area contributed by atoms with Gasteiger partial charge in [-0.25, -0.2) is 0 Å². The zero-order valence-electron chi connectivity index (χ0n) is 17.7. The molecule has 0 bridgehead atoms. The summed E-state index contributed by atoms with van der Waals surface area (Å²) < 4.78 is 12.6. The van der Waals surface area contributed by atoms with E-state index in [0.29, 0.717) is 27.9 Å². The van der Waals surface area contributed by atoms with Crippen LogP contribution >= 0.6 is 22.9 Å². The van der Waals surface area contributed by atoms with Crippen LogP contribution in [0, 0.1) is 6.92 Å². The van der Waals surface area contributed by atoms with Crippen LogP contribution in [0.15, 0.2) is 48.5 Å². The first-order chi connectivity index (χ1) is 14.9. The molecule has 2 aromatic heterocycles. The van der Waals surface area contributed by atoms with Gasteiger partial charge in [-0.05, 0) is 42.8 Å². The minimum Gasteiger partial charge on any atom is -0.493 e. The van der Waals surface area contributed by atoms with E-state index in [9.17, 15) is 4.79 Å². The zero-order valence-corrected chi connectivity index (χ0v) is 19.3. The molecule has 0 atom stereocenters. The first-order valence-electron chi connectivity index (χ1n) is 9.62. The van der Waals surface area contributed by atoms with Crippen LogP contribution in [0.2, 0.25) is 5.02 Å². The number of amides is 1. The molecule has 0 saturated carbocycles. The number of carbonyl (C=O) groups excluding carboxylic acids is 1. The van der Waals surface area contributed by atoms with Gasteiger partial charge in [-0.1, -0.05) is 23.7 Å². The molecule has 0 radical (unpaired) electrons. The molecule has 4 aromatic rings. The predicted octanol–water partition coefficient (Wildman–Crippen LogP) is 5.40. The molecule has 4 rings (SSSR count). The second-order valence-corrected chi connectivity index (χ2v) is 8.57. The number of methoxy groups -OCH3 is 2. The van der Waals surface area contributed by atoms with E-state index in [1.165, 1.54) is 11.3 Å². The maximum atomic E-state index is 13.2. The second-order valence-electron chi connectivity index (χ2n) is 7.10. The molecule has 2 heterocycles. The normalized spacial score (nSPS) is 11.0. The van der Waals surface area contributed by atoms with Crippen LogP contribution in [0.3, 0.4) is 0 Å². The molecule has 31 heavy (non-hydrogen) atoms. The third-order valence-corrected chi connectivity index (χ3v) is 6.51. The molecule has 0 aliphatic carbocycles. The summed E-state index contributed by atoms with van der Waals surface area (Å²) in [5, 5.41) is 6.34. The number of hydrogen-bond acceptors (Lipinski definition) is 5. The van der Waals surface area contributed by atoms with E-state index < -0.39 is 0 Å². The van der Waals surface area contributed by atoms with Gasteiger partial charge in [0.25, 0.3) is 5.91 Å². The molecule has 160 valence electrons. The van der Waals surface area contributed by atoms with E-state index in [0.717, 1.165) is 27.2 Å². The summed E-state index contributed by atoms with van der Waals surface area (Å²) in [5.74, 6) is 1.10. The Morgan fingerprint density at radius 1 is 1.10 bits per heavy atom. The van der Waals surface area contributed by atoms with Crippen molar-refractivity contribution in [1.82, 2.24) is 9.78 Å². The average Bonchev–Trinajstić information content (AvgIpc) is 3.35. The van der Waals surface area contributed by atoms with Crippen LogP contribution < -0.4 is 14.4 Å². The molecule has 1 amide bonds. The van der Waals surface area contributed by atoms with Crippen LogP contribution in [-0.2, 0) is 6.54 Å². The van der Waals surface area contributed by atoms with E-state index in [2.05, 4.69) is 5.10 Å². The number of aryl methyl sites for hydroxylation is 1. The number of carbonyl (C=O) groups is 1. The van der Waals surface area contributed by atoms with Crippen LogP contribution in [-0.4, -0.2) is 37.0 Å². The largest absolute Gasteiger partial charge is 0.493 e. The van der Waals surface area contributed by atoms with Crippen molar-refractivity contribution in [2.24, 2.45) is 0 Å². The fraction of sp³-hybridized carbons (Fsp3) is 0.217. The first-order valence-corrected chi connectivity index (χ1v) is 10.8. The van der Waals surface area contributed by atoms with Crippen molar-refractivity contribution in [3.8, 4) is 11.5 Å². The van der Waals surface area contributed by atoms with Crippen LogP contribution in [0.1, 0.15) is 20.9 Å². The highest BCUT2D eigenvalue weighted by Gasteiger charge is 2.21. The summed E-state index contributed by atoms with van der Waals surface area (Å²) >= 11 is 7.43. The molecular formula is C23H22ClN3O3S. The molecule has 6 nitrogen and oxygen atoms in total. The summed E-state index contributed by atoms with van der Waals surface area (Å²) in [4.78, 5) is 16.4. The van der Waals surface area contributed by atoms with E-state index >= 15 is 0 Å². The molecule has 0 spiro atoms. The summed E-state index contributed by atoms with van der Waals surface area (Å²) in [7, 11) is 4.91. The van der Waals surface area contributed by atoms with Crippen LogP contribution in [0.5, 0.6) is 11.5 Å². The van der Waals surface area contributed by atoms with E-state index in [-0.39, 0.29) is 5.91 Å². The molecule has 0 fully saturated rings. The predicted molar refractivity (Wildman–Crippen MR) is 125 cm³/mol. The van der Waals surface area contributed by atoms with Gasteiger partial charge in [-0.3, -0.25) is 9.48 Å². The highest BCUT2D eigenvalue weighted by Crippen LogP contribution is 2.34. The lowest BCUT2D eigenvalue weighted by atomic mass is 10.2. The highest BCUT2D eigenvalue weighted by atomic mass is 35.5. The van der Waals surface area contributed by atoms with E-state index in [4.69, 9.17) is 21.1 Å². The van der Waals surface area contributed by atoms with E-state index in [1.807, 2.05) is 48.0 Å². The number of anilines is 1. The maximum Gasteiger partial charge on any atom is 0.268 e. The highest BCUT2D eigenvalue weighted by molar-refractivity contribution is 7.20. The van der Waals surface area contributed by atoms with Gasteiger partial charge >= 0.3 is 0 Å². The van der Waals surface area contributed by atoms with Crippen molar-refractivity contribution < 1.29 is 14.3 Å². The Labute approximate surface area is 189 Å². The Kier molecular flexibility index (Phi) is 5.89. The van der Waals surface area contributed by atoms with Gasteiger partial charge in [0.2, 0.25) is 0 Å². The lowest BCUT2D eigenvalue weighted by Gasteiger charge is -2.18. The number of fused-ring (bicyclic) bond motifs is 1. The zero-order chi connectivity index (χ0) is 22.1. The Morgan fingerprint density at radius 3 is 2.48 bits per heavy atom. The summed E-state index contributed by atoms with van der Waals surface area (Å²) in [6, 6.07) is 15.0. The monoisotopic (exact) mass is 455 g/mol. The Morgan fingerprint density at radius 2 is 1.81 bits per heavy atom. The van der Waals surface area contributed by atoms with Gasteiger partial charge in [-0.2, -0.15) is 5.10 Å². The summed E-state index contributed by atoms with van der Waals surface area (Å²) in [5.41, 5.74) is 2.71. The minimum atomic E-state index is -0.0918. The molecule has 2 aromatic carbocycles. The molecule has 0 aliphatic heterocycles. The quantitative estimate of drug-likeness (QED) is 0.390. The molecule has 0 aliphatic rings. The van der Waals surface area contributed by atoms with Gasteiger partial charge in [0.05, 0.1) is 31.3 Å². The Bertz CT molecular complexity index is 1250. The minimum absolute atomic E-state index is 0.0918. The van der Waals surface area contributed by atoms with Gasteiger partial charge in [0.1, 0.15) is 4.83 Å². The van der Waals surface area contributed by atoms with Crippen molar-refractivity contribution in [1.29, 1.82) is 0 Å². The number of ether oxygens (including phenoxy) is 2. The van der Waals surface area contributed by atoms with Crippen LogP contribution in [0.25, 0.3) is 10.2 Å². The number of thiophene rings is 1. The standard InChI is InChI=1S/C23H22ClN3O3S/c1-14-18-12-21(22(28)26(2)17-9-10-19(29-3)20(11-17)30-4)31-23(18)27(25-14)13-15-5-7-16(24)8-6-15/h5-12H,13H2,1-4H3. The van der Waals surface area contributed by atoms with Gasteiger partial charge in [0.15, 0.2) is 11.5 Å². The van der Waals surface area contributed by atoms with Gasteiger partial charge in [0, 0.05) is 29.2 Å². The van der Waals surface area contributed by atoms with Crippen LogP contribution in [0.4, 0.5) is 5.69 Å². The smallest absolute Gasteiger partial charge is 0.268 e. The second kappa shape index (κ2) is 8.61. The SMILES string of the molecule is COc1ccc(N(C)C(=O)c2cc3c(C)nn(Cc4ccc(Cl)cc4)c3s2)cc1OC. The van der Waals surface area contributed by atoms with Crippen molar-refractivity contribution in [2.75, 3.05) is 26.2 Å². The number of aromatic nitrogens is 2. The molecule has 0 unspecified atom stereocenters.